The van der Waals surface area contributed by atoms with Gasteiger partial charge in [0, 0.05) is 19.1 Å². The van der Waals surface area contributed by atoms with Gasteiger partial charge in [-0.1, -0.05) is 91.8 Å². The third-order valence-electron chi connectivity index (χ3n) is 7.56. The van der Waals surface area contributed by atoms with Crippen LogP contribution in [0.5, 0.6) is 0 Å². The number of amides is 2. The van der Waals surface area contributed by atoms with Crippen molar-refractivity contribution < 1.29 is 33.4 Å². The van der Waals surface area contributed by atoms with Gasteiger partial charge in [0.25, 0.3) is 0 Å². The summed E-state index contributed by atoms with van der Waals surface area (Å²) in [6.07, 6.45) is -0.395. The number of hydrogen-bond donors (Lipinski definition) is 6. The number of nitrogens with zero attached hydrogens (tertiary/aromatic N) is 2. The van der Waals surface area contributed by atoms with E-state index in [0.29, 0.717) is 18.4 Å². The Morgan fingerprint density at radius 3 is 1.98 bits per heavy atom. The number of rotatable bonds is 18. The van der Waals surface area contributed by atoms with Crippen molar-refractivity contribution in [3.63, 3.8) is 0 Å². The lowest BCUT2D eigenvalue weighted by molar-refractivity contribution is -0.124. The van der Waals surface area contributed by atoms with Crippen LogP contribution in [0.25, 0.3) is 0 Å². The van der Waals surface area contributed by atoms with E-state index >= 15 is 0 Å². The van der Waals surface area contributed by atoms with Crippen LogP contribution in [0.3, 0.4) is 0 Å². The van der Waals surface area contributed by atoms with Gasteiger partial charge in [-0.2, -0.15) is 4.31 Å². The van der Waals surface area contributed by atoms with E-state index in [0.717, 1.165) is 11.1 Å². The molecule has 0 aliphatic heterocycles. The Morgan fingerprint density at radius 2 is 1.45 bits per heavy atom. The normalized spacial score (nSPS) is 14.5. The van der Waals surface area contributed by atoms with Gasteiger partial charge < -0.3 is 31.8 Å². The van der Waals surface area contributed by atoms with Crippen molar-refractivity contribution in [3.05, 3.63) is 102 Å². The zero-order chi connectivity index (χ0) is 34.4. The van der Waals surface area contributed by atoms with Gasteiger partial charge in [0.2, 0.25) is 15.9 Å². The van der Waals surface area contributed by atoms with E-state index < -0.39 is 40.2 Å². The highest BCUT2D eigenvalue weighted by atomic mass is 32.2. The molecule has 1 unspecified atom stereocenters. The first kappa shape index (κ1) is 37.2. The Kier molecular flexibility index (Phi) is 14.3. The van der Waals surface area contributed by atoms with Gasteiger partial charge in [-0.15, -0.1) is 0 Å². The average molecular weight is 668 g/mol. The highest BCUT2D eigenvalue weighted by Gasteiger charge is 2.33. The van der Waals surface area contributed by atoms with Crippen LogP contribution >= 0.6 is 0 Å². The predicted molar refractivity (Wildman–Crippen MR) is 180 cm³/mol. The van der Waals surface area contributed by atoms with Crippen LogP contribution in [0.15, 0.2) is 95.0 Å². The number of nitrogens with one attached hydrogen (secondary N) is 2. The predicted octanol–water partition coefficient (Wildman–Crippen LogP) is 3.22. The molecule has 0 aliphatic rings. The topological polar surface area (TPSA) is 195 Å². The van der Waals surface area contributed by atoms with Crippen LogP contribution in [-0.4, -0.2) is 83.7 Å². The molecule has 254 valence electrons. The number of sulfonamides is 1. The van der Waals surface area contributed by atoms with Gasteiger partial charge in [-0.05, 0) is 60.4 Å². The van der Waals surface area contributed by atoms with Crippen LogP contribution in [0, 0.1) is 5.92 Å². The SMILES string of the molecule is CC(C)CN(C[C@H](O)[C@H](Cc1ccccc1)NC(=O)[C@H](CCC(N)Cc1ccccc1)NC(=O)O)S(=O)(=O)c1ccc(C=NO)cc1. The molecule has 13 heteroatoms. The lowest BCUT2D eigenvalue weighted by atomic mass is 9.98. The van der Waals surface area contributed by atoms with E-state index in [-0.39, 0.29) is 42.8 Å². The number of carbonyl (C=O) groups is 2. The minimum atomic E-state index is -4.08. The maximum Gasteiger partial charge on any atom is 0.405 e. The van der Waals surface area contributed by atoms with Gasteiger partial charge in [0.05, 0.1) is 23.3 Å². The van der Waals surface area contributed by atoms with E-state index in [1.807, 2.05) is 74.5 Å². The van der Waals surface area contributed by atoms with Gasteiger partial charge in [0.1, 0.15) is 6.04 Å². The van der Waals surface area contributed by atoms with E-state index in [1.54, 1.807) is 0 Å². The minimum absolute atomic E-state index is 0.0124. The van der Waals surface area contributed by atoms with Gasteiger partial charge in [-0.25, -0.2) is 13.2 Å². The maximum absolute atomic E-state index is 13.7. The van der Waals surface area contributed by atoms with Crippen molar-refractivity contribution in [3.8, 4) is 0 Å². The standard InChI is InChI=1S/C34H45N5O7S/c1-24(2)22-39(47(45,46)29-16-13-27(14-17-29)21-36-44)23-32(40)31(20-26-11-7-4-8-12-26)37-33(41)30(38-34(42)43)18-15-28(35)19-25-9-5-3-6-10-25/h3-14,16-17,21,24,28,30-32,38,40,44H,15,18-20,22-23,35H2,1-2H3,(H,37,41)(H,42,43)/t28?,30-,31-,32-/m0/s1. The molecule has 0 radical (unpaired) electrons. The molecule has 2 amide bonds. The molecular formula is C34H45N5O7S. The largest absolute Gasteiger partial charge is 0.465 e. The summed E-state index contributed by atoms with van der Waals surface area (Å²) in [5, 5.41) is 37.9. The fourth-order valence-corrected chi connectivity index (χ4v) is 6.83. The molecule has 0 bridgehead atoms. The number of oxime groups is 1. The summed E-state index contributed by atoms with van der Waals surface area (Å²) in [6, 6.07) is 22.0. The molecule has 7 N–H and O–H groups in total. The maximum atomic E-state index is 13.7. The van der Waals surface area contributed by atoms with Crippen molar-refractivity contribution in [2.24, 2.45) is 16.8 Å². The summed E-state index contributed by atoms with van der Waals surface area (Å²) in [4.78, 5) is 25.2. The molecule has 3 rings (SSSR count). The van der Waals surface area contributed by atoms with Gasteiger partial charge >= 0.3 is 6.09 Å². The number of carbonyl (C=O) groups excluding carboxylic acids is 1. The Morgan fingerprint density at radius 1 is 0.872 bits per heavy atom. The molecule has 0 aromatic heterocycles. The Balaban J connectivity index is 1.82. The second-order valence-electron chi connectivity index (χ2n) is 11.9. The first-order valence-electron chi connectivity index (χ1n) is 15.5. The van der Waals surface area contributed by atoms with Crippen molar-refractivity contribution in [2.45, 2.75) is 68.7 Å². The first-order chi connectivity index (χ1) is 22.4. The molecule has 0 heterocycles. The Labute approximate surface area is 276 Å². The third-order valence-corrected chi connectivity index (χ3v) is 9.40. The molecule has 0 saturated heterocycles. The van der Waals surface area contributed by atoms with E-state index in [2.05, 4.69) is 15.8 Å². The fourth-order valence-electron chi connectivity index (χ4n) is 5.21. The third kappa shape index (κ3) is 12.1. The zero-order valence-electron chi connectivity index (χ0n) is 26.6. The number of carboxylic acid groups (broad SMARTS) is 1. The fraction of sp³-hybridized carbons (Fsp3) is 0.382. The number of benzene rings is 3. The summed E-state index contributed by atoms with van der Waals surface area (Å²) < 4.78 is 28.7. The Hall–Kier alpha value is -4.30. The van der Waals surface area contributed by atoms with E-state index in [4.69, 9.17) is 10.9 Å². The lowest BCUT2D eigenvalue weighted by Crippen LogP contribution is -2.55. The van der Waals surface area contributed by atoms with Crippen LogP contribution in [0.1, 0.15) is 43.4 Å². The highest BCUT2D eigenvalue weighted by molar-refractivity contribution is 7.89. The molecule has 47 heavy (non-hydrogen) atoms. The summed E-state index contributed by atoms with van der Waals surface area (Å²) in [6.45, 7) is 3.46. The van der Waals surface area contributed by atoms with Gasteiger partial charge in [-0.3, -0.25) is 4.79 Å². The van der Waals surface area contributed by atoms with Crippen LogP contribution in [0.4, 0.5) is 4.79 Å². The number of nitrogens with two attached hydrogens (primary N) is 1. The molecule has 0 fully saturated rings. The van der Waals surface area contributed by atoms with E-state index in [1.165, 1.54) is 34.8 Å². The van der Waals surface area contributed by atoms with Crippen LogP contribution < -0.4 is 16.4 Å². The molecular weight excluding hydrogens is 622 g/mol. The van der Waals surface area contributed by atoms with Crippen molar-refractivity contribution in [2.75, 3.05) is 13.1 Å². The van der Waals surface area contributed by atoms with Gasteiger partial charge in [0.15, 0.2) is 0 Å². The second kappa shape index (κ2) is 18.1. The molecule has 0 spiro atoms. The minimum Gasteiger partial charge on any atom is -0.465 e. The van der Waals surface area contributed by atoms with Crippen LogP contribution in [0.2, 0.25) is 0 Å². The molecule has 3 aromatic rings. The quantitative estimate of drug-likeness (QED) is 0.0676. The number of aliphatic hydroxyl groups excluding tert-OH is 1. The lowest BCUT2D eigenvalue weighted by Gasteiger charge is -2.31. The summed E-state index contributed by atoms with van der Waals surface area (Å²) in [5.74, 6) is -0.747. The van der Waals surface area contributed by atoms with Crippen LogP contribution in [-0.2, 0) is 27.7 Å². The smallest absolute Gasteiger partial charge is 0.405 e. The second-order valence-corrected chi connectivity index (χ2v) is 13.9. The highest BCUT2D eigenvalue weighted by Crippen LogP contribution is 2.20. The summed E-state index contributed by atoms with van der Waals surface area (Å²) >= 11 is 0. The Bertz CT molecular complexity index is 1540. The van der Waals surface area contributed by atoms with Crippen molar-refractivity contribution >= 4 is 28.2 Å². The molecule has 0 saturated carbocycles. The van der Waals surface area contributed by atoms with E-state index in [9.17, 15) is 28.2 Å². The first-order valence-corrected chi connectivity index (χ1v) is 16.9. The number of hydrogen-bond acceptors (Lipinski definition) is 8. The zero-order valence-corrected chi connectivity index (χ0v) is 27.5. The molecule has 4 atom stereocenters. The van der Waals surface area contributed by atoms with Crippen molar-refractivity contribution in [1.82, 2.24) is 14.9 Å². The summed E-state index contributed by atoms with van der Waals surface area (Å²) in [7, 11) is -4.08. The van der Waals surface area contributed by atoms with Crippen molar-refractivity contribution in [1.29, 1.82) is 0 Å². The molecule has 0 aliphatic carbocycles. The molecule has 12 nitrogen and oxygen atoms in total. The molecule has 3 aromatic carbocycles. The average Bonchev–Trinajstić information content (AvgIpc) is 3.03. The number of aliphatic hydroxyl groups is 1. The summed E-state index contributed by atoms with van der Waals surface area (Å²) in [5.41, 5.74) is 8.62. The monoisotopic (exact) mass is 667 g/mol.